The van der Waals surface area contributed by atoms with Gasteiger partial charge in [-0.3, -0.25) is 19.3 Å². The first-order valence-corrected chi connectivity index (χ1v) is 10.1. The Bertz CT molecular complexity index is 754. The third kappa shape index (κ3) is 5.37. The predicted molar refractivity (Wildman–Crippen MR) is 105 cm³/mol. The molecule has 0 saturated carbocycles. The van der Waals surface area contributed by atoms with Crippen molar-refractivity contribution in [3.63, 3.8) is 0 Å². The lowest BCUT2D eigenvalue weighted by molar-refractivity contribution is -0.149. The minimum absolute atomic E-state index is 0.0146. The molecule has 11 heteroatoms. The maximum Gasteiger partial charge on any atom is 0.352 e. The van der Waals surface area contributed by atoms with Gasteiger partial charge in [0, 0.05) is 36.8 Å². The second-order valence-electron chi connectivity index (χ2n) is 6.99. The van der Waals surface area contributed by atoms with Gasteiger partial charge in [-0.25, -0.2) is 4.79 Å². The second-order valence-corrected chi connectivity index (χ2v) is 8.10. The summed E-state index contributed by atoms with van der Waals surface area (Å²) in [5, 5.41) is 20.9. The molecule has 3 unspecified atom stereocenters. The lowest BCUT2D eigenvalue weighted by Crippen LogP contribution is -2.71. The number of esters is 1. The number of amides is 1. The van der Waals surface area contributed by atoms with Gasteiger partial charge < -0.3 is 26.0 Å². The van der Waals surface area contributed by atoms with E-state index in [1.807, 2.05) is 0 Å². The van der Waals surface area contributed by atoms with Crippen LogP contribution in [0, 0.1) is 0 Å². The highest BCUT2D eigenvalue weighted by atomic mass is 32.2. The fraction of sp³-hybridized carbons (Fsp3) is 0.556. The first-order valence-electron chi connectivity index (χ1n) is 9.00. The van der Waals surface area contributed by atoms with Crippen molar-refractivity contribution in [1.29, 1.82) is 0 Å². The fourth-order valence-corrected chi connectivity index (χ4v) is 4.52. The zero-order chi connectivity index (χ0) is 21.8. The van der Waals surface area contributed by atoms with Crippen LogP contribution in [0.5, 0.6) is 0 Å². The van der Waals surface area contributed by atoms with Crippen LogP contribution in [0.1, 0.15) is 26.2 Å². The molecule has 3 atom stereocenters. The standard InChI is InChI=1S/C18H25N3O7S/c1-3-18(19,6-4-5-12(23)24)9-20-13-15(25)21-14(17(26)27)11(7-28-10(2)22)8-29-16(13)21/h3,13,16,20H,1,4-9,19H2,2H3,(H,23,24)(H,26,27). The number of fused-ring (bicyclic) bond motifs is 1. The summed E-state index contributed by atoms with van der Waals surface area (Å²) >= 11 is 1.37. The monoisotopic (exact) mass is 427 g/mol. The lowest BCUT2D eigenvalue weighted by Gasteiger charge is -2.50. The van der Waals surface area contributed by atoms with Crippen LogP contribution in [0.2, 0.25) is 0 Å². The van der Waals surface area contributed by atoms with Gasteiger partial charge in [0.05, 0.1) is 0 Å². The van der Waals surface area contributed by atoms with Gasteiger partial charge in [0.25, 0.3) is 0 Å². The molecule has 10 nitrogen and oxygen atoms in total. The van der Waals surface area contributed by atoms with Crippen molar-refractivity contribution in [2.45, 2.75) is 43.1 Å². The molecule has 0 bridgehead atoms. The number of thioether (sulfide) groups is 1. The highest BCUT2D eigenvalue weighted by Crippen LogP contribution is 2.40. The Morgan fingerprint density at radius 2 is 2.14 bits per heavy atom. The van der Waals surface area contributed by atoms with E-state index < -0.39 is 40.8 Å². The van der Waals surface area contributed by atoms with Crippen molar-refractivity contribution in [3.8, 4) is 0 Å². The largest absolute Gasteiger partial charge is 0.481 e. The molecule has 0 aliphatic carbocycles. The van der Waals surface area contributed by atoms with Gasteiger partial charge in [0.15, 0.2) is 0 Å². The van der Waals surface area contributed by atoms with Crippen molar-refractivity contribution in [1.82, 2.24) is 10.2 Å². The number of hydrogen-bond donors (Lipinski definition) is 4. The Hall–Kier alpha value is -2.37. The molecule has 29 heavy (non-hydrogen) atoms. The third-order valence-electron chi connectivity index (χ3n) is 4.79. The topological polar surface area (TPSA) is 159 Å². The van der Waals surface area contributed by atoms with Gasteiger partial charge in [0.2, 0.25) is 5.91 Å². The van der Waals surface area contributed by atoms with Crippen molar-refractivity contribution in [2.24, 2.45) is 5.73 Å². The van der Waals surface area contributed by atoms with E-state index in [0.29, 0.717) is 24.2 Å². The molecular formula is C18H25N3O7S. The number of nitrogens with one attached hydrogen (secondary N) is 1. The molecule has 160 valence electrons. The number of ether oxygens (including phenoxy) is 1. The molecule has 1 amide bonds. The smallest absolute Gasteiger partial charge is 0.352 e. The van der Waals surface area contributed by atoms with Crippen molar-refractivity contribution in [2.75, 3.05) is 18.9 Å². The normalized spacial score (nSPS) is 23.0. The van der Waals surface area contributed by atoms with Crippen molar-refractivity contribution < 1.29 is 34.1 Å². The van der Waals surface area contributed by atoms with Crippen LogP contribution in [0.3, 0.4) is 0 Å². The minimum Gasteiger partial charge on any atom is -0.481 e. The molecule has 0 aromatic heterocycles. The highest BCUT2D eigenvalue weighted by molar-refractivity contribution is 8.00. The van der Waals surface area contributed by atoms with Crippen LogP contribution in [0.25, 0.3) is 0 Å². The van der Waals surface area contributed by atoms with Crippen LogP contribution >= 0.6 is 11.8 Å². The molecular weight excluding hydrogens is 402 g/mol. The van der Waals surface area contributed by atoms with E-state index >= 15 is 0 Å². The van der Waals surface area contributed by atoms with E-state index in [1.54, 1.807) is 0 Å². The molecule has 0 radical (unpaired) electrons. The predicted octanol–water partition coefficient (Wildman–Crippen LogP) is -0.100. The minimum atomic E-state index is -1.25. The van der Waals surface area contributed by atoms with Crippen LogP contribution in [-0.2, 0) is 23.9 Å². The molecule has 0 aromatic rings. The number of nitrogens with two attached hydrogens (primary N) is 1. The van der Waals surface area contributed by atoms with E-state index in [4.69, 9.17) is 15.6 Å². The molecule has 2 aliphatic heterocycles. The molecule has 2 rings (SSSR count). The Balaban J connectivity index is 2.03. The number of hydrogen-bond acceptors (Lipinski definition) is 8. The Kier molecular flexibility index (Phi) is 7.44. The summed E-state index contributed by atoms with van der Waals surface area (Å²) < 4.78 is 4.90. The van der Waals surface area contributed by atoms with Gasteiger partial charge in [-0.2, -0.15) is 0 Å². The molecule has 0 spiro atoms. The van der Waals surface area contributed by atoms with Gasteiger partial charge in [-0.1, -0.05) is 6.08 Å². The maximum absolute atomic E-state index is 12.6. The van der Waals surface area contributed by atoms with Crippen LogP contribution < -0.4 is 11.1 Å². The highest BCUT2D eigenvalue weighted by Gasteiger charge is 2.53. The maximum atomic E-state index is 12.6. The van der Waals surface area contributed by atoms with Gasteiger partial charge in [0.1, 0.15) is 23.7 Å². The van der Waals surface area contributed by atoms with E-state index in [2.05, 4.69) is 11.9 Å². The number of β-lactam (4-membered cyclic amide) rings is 1. The number of carbonyl (C=O) groups is 4. The van der Waals surface area contributed by atoms with E-state index in [-0.39, 0.29) is 25.3 Å². The lowest BCUT2D eigenvalue weighted by atomic mass is 9.92. The molecule has 2 heterocycles. The number of carbonyl (C=O) groups excluding carboxylic acids is 2. The van der Waals surface area contributed by atoms with Gasteiger partial charge in [-0.15, -0.1) is 18.3 Å². The number of carboxylic acid groups (broad SMARTS) is 2. The van der Waals surface area contributed by atoms with E-state index in [0.717, 1.165) is 0 Å². The van der Waals surface area contributed by atoms with E-state index in [1.165, 1.54) is 29.7 Å². The zero-order valence-electron chi connectivity index (χ0n) is 16.1. The molecule has 0 aromatic carbocycles. The quantitative estimate of drug-likeness (QED) is 0.199. The average Bonchev–Trinajstić information content (AvgIpc) is 2.65. The summed E-state index contributed by atoms with van der Waals surface area (Å²) in [6.07, 6.45) is 2.26. The zero-order valence-corrected chi connectivity index (χ0v) is 16.9. The first-order chi connectivity index (χ1) is 13.6. The Morgan fingerprint density at radius 3 is 2.69 bits per heavy atom. The number of carboxylic acids is 2. The molecule has 2 aliphatic rings. The van der Waals surface area contributed by atoms with E-state index in [9.17, 15) is 24.3 Å². The van der Waals surface area contributed by atoms with Crippen molar-refractivity contribution in [3.05, 3.63) is 23.9 Å². The summed E-state index contributed by atoms with van der Waals surface area (Å²) in [6.45, 7) is 4.94. The van der Waals surface area contributed by atoms with Crippen LogP contribution in [0.15, 0.2) is 23.9 Å². The molecule has 1 fully saturated rings. The summed E-state index contributed by atoms with van der Waals surface area (Å²) in [7, 11) is 0. The molecule has 1 saturated heterocycles. The third-order valence-corrected chi connectivity index (χ3v) is 6.13. The average molecular weight is 427 g/mol. The van der Waals surface area contributed by atoms with Gasteiger partial charge in [-0.05, 0) is 12.8 Å². The fourth-order valence-electron chi connectivity index (χ4n) is 3.17. The second kappa shape index (κ2) is 9.42. The number of rotatable bonds is 11. The summed E-state index contributed by atoms with van der Waals surface area (Å²) in [5.41, 5.74) is 5.56. The van der Waals surface area contributed by atoms with Crippen LogP contribution in [-0.4, -0.2) is 74.8 Å². The summed E-state index contributed by atoms with van der Waals surface area (Å²) in [5.74, 6) is -2.79. The number of aliphatic carboxylic acids is 2. The summed E-state index contributed by atoms with van der Waals surface area (Å²) in [4.78, 5) is 47.2. The van der Waals surface area contributed by atoms with Crippen molar-refractivity contribution >= 4 is 35.6 Å². The Labute approximate surface area is 172 Å². The number of nitrogens with zero attached hydrogens (tertiary/aromatic N) is 1. The van der Waals surface area contributed by atoms with Gasteiger partial charge >= 0.3 is 17.9 Å². The van der Waals surface area contributed by atoms with Crippen LogP contribution in [0.4, 0.5) is 0 Å². The SMILES string of the molecule is C=CC(N)(CCCC(=O)O)CNC1C(=O)N2C(C(=O)O)=C(COC(C)=O)CSC12. The molecule has 5 N–H and O–H groups in total. The summed E-state index contributed by atoms with van der Waals surface area (Å²) in [6, 6.07) is -0.619. The Morgan fingerprint density at radius 1 is 1.45 bits per heavy atom. The first kappa shape index (κ1) is 22.9.